The quantitative estimate of drug-likeness (QED) is 0.624. The van der Waals surface area contributed by atoms with Gasteiger partial charge in [-0.25, -0.2) is 4.98 Å². The Morgan fingerprint density at radius 3 is 3.00 bits per heavy atom. The summed E-state index contributed by atoms with van der Waals surface area (Å²) >= 11 is 0. The van der Waals surface area contributed by atoms with Crippen molar-refractivity contribution in [3.8, 4) is 0 Å². The van der Waals surface area contributed by atoms with Gasteiger partial charge in [-0.1, -0.05) is 13.0 Å². The summed E-state index contributed by atoms with van der Waals surface area (Å²) in [7, 11) is 0. The van der Waals surface area contributed by atoms with Gasteiger partial charge >= 0.3 is 0 Å². The van der Waals surface area contributed by atoms with Gasteiger partial charge in [0.15, 0.2) is 0 Å². The molecule has 1 rings (SSSR count). The van der Waals surface area contributed by atoms with Gasteiger partial charge in [-0.2, -0.15) is 0 Å². The summed E-state index contributed by atoms with van der Waals surface area (Å²) in [5.41, 5.74) is 0.821. The average molecular weight is 164 g/mol. The molecule has 0 amide bonds. The van der Waals surface area contributed by atoms with Crippen molar-refractivity contribution in [1.29, 1.82) is 0 Å². The summed E-state index contributed by atoms with van der Waals surface area (Å²) in [5.74, 6) is 0. The van der Waals surface area contributed by atoms with E-state index in [4.69, 9.17) is 0 Å². The summed E-state index contributed by atoms with van der Waals surface area (Å²) in [6.45, 7) is 6.05. The smallest absolute Gasteiger partial charge is 0.253 e. The maximum Gasteiger partial charge on any atom is 0.253 e. The third-order valence-corrected chi connectivity index (χ3v) is 1.62. The summed E-state index contributed by atoms with van der Waals surface area (Å²) < 4.78 is 1.52. The van der Waals surface area contributed by atoms with Gasteiger partial charge in [-0.05, 0) is 6.42 Å². The molecule has 0 unspecified atom stereocenters. The molecule has 0 aliphatic heterocycles. The van der Waals surface area contributed by atoms with Crippen molar-refractivity contribution >= 4 is 0 Å². The van der Waals surface area contributed by atoms with Gasteiger partial charge in [-0.3, -0.25) is 9.36 Å². The molecule has 0 aliphatic carbocycles. The zero-order valence-electron chi connectivity index (χ0n) is 7.16. The minimum absolute atomic E-state index is 0.0123. The van der Waals surface area contributed by atoms with Crippen LogP contribution in [0.1, 0.15) is 12.6 Å². The molecule has 1 heterocycles. The molecule has 3 heteroatoms. The Kier molecular flexibility index (Phi) is 2.80. The lowest BCUT2D eigenvalue weighted by atomic mass is 10.3. The Morgan fingerprint density at radius 2 is 2.50 bits per heavy atom. The SMILES string of the molecule is C=CCn1cnc(CC)cc1=O. The second-order valence-corrected chi connectivity index (χ2v) is 2.51. The molecule has 3 nitrogen and oxygen atoms in total. The van der Waals surface area contributed by atoms with E-state index in [-0.39, 0.29) is 5.56 Å². The first-order valence-electron chi connectivity index (χ1n) is 3.94. The highest BCUT2D eigenvalue weighted by atomic mass is 16.1. The van der Waals surface area contributed by atoms with Crippen LogP contribution in [0.5, 0.6) is 0 Å². The molecule has 0 spiro atoms. The normalized spacial score (nSPS) is 9.75. The molecule has 0 N–H and O–H groups in total. The molecule has 64 valence electrons. The van der Waals surface area contributed by atoms with Crippen molar-refractivity contribution in [1.82, 2.24) is 9.55 Å². The van der Waals surface area contributed by atoms with E-state index in [0.717, 1.165) is 12.1 Å². The summed E-state index contributed by atoms with van der Waals surface area (Å²) in [4.78, 5) is 15.4. The van der Waals surface area contributed by atoms with Gasteiger partial charge in [0.05, 0.1) is 6.33 Å². The molecule has 12 heavy (non-hydrogen) atoms. The predicted octanol–water partition coefficient (Wildman–Crippen LogP) is 0.992. The maximum atomic E-state index is 11.3. The first-order chi connectivity index (χ1) is 5.77. The summed E-state index contributed by atoms with van der Waals surface area (Å²) in [6.07, 6.45) is 4.03. The van der Waals surface area contributed by atoms with Crippen molar-refractivity contribution in [2.75, 3.05) is 0 Å². The third kappa shape index (κ3) is 1.81. The molecule has 0 radical (unpaired) electrons. The fourth-order valence-corrected chi connectivity index (χ4v) is 0.933. The first-order valence-corrected chi connectivity index (χ1v) is 3.94. The molecule has 0 atom stereocenters. The number of aryl methyl sites for hydroxylation is 1. The minimum atomic E-state index is -0.0123. The van der Waals surface area contributed by atoms with E-state index in [9.17, 15) is 4.79 Å². The molecule has 0 bridgehead atoms. The zero-order chi connectivity index (χ0) is 8.97. The lowest BCUT2D eigenvalue weighted by molar-refractivity contribution is 0.741. The van der Waals surface area contributed by atoms with Crippen LogP contribution >= 0.6 is 0 Å². The van der Waals surface area contributed by atoms with Gasteiger partial charge in [0, 0.05) is 18.3 Å². The number of rotatable bonds is 3. The number of hydrogen-bond acceptors (Lipinski definition) is 2. The molecular formula is C9H12N2O. The second-order valence-electron chi connectivity index (χ2n) is 2.51. The summed E-state index contributed by atoms with van der Waals surface area (Å²) in [5, 5.41) is 0. The molecule has 0 saturated heterocycles. The molecular weight excluding hydrogens is 152 g/mol. The standard InChI is InChI=1S/C9H12N2O/c1-3-5-11-7-10-8(4-2)6-9(11)12/h3,6-7H,1,4-5H2,2H3. The Labute approximate surface area is 71.4 Å². The molecule has 0 fully saturated rings. The lowest BCUT2D eigenvalue weighted by Crippen LogP contribution is -2.19. The van der Waals surface area contributed by atoms with Gasteiger partial charge < -0.3 is 0 Å². The topological polar surface area (TPSA) is 34.9 Å². The Bertz CT molecular complexity index is 328. The fraction of sp³-hybridized carbons (Fsp3) is 0.333. The fourth-order valence-electron chi connectivity index (χ4n) is 0.933. The largest absolute Gasteiger partial charge is 0.295 e. The predicted molar refractivity (Wildman–Crippen MR) is 48.1 cm³/mol. The number of allylic oxidation sites excluding steroid dienone is 1. The molecule has 1 aromatic rings. The second kappa shape index (κ2) is 3.85. The maximum absolute atomic E-state index is 11.3. The Balaban J connectivity index is 3.03. The number of nitrogens with zero attached hydrogens (tertiary/aromatic N) is 2. The van der Waals surface area contributed by atoms with E-state index >= 15 is 0 Å². The first kappa shape index (κ1) is 8.71. The highest BCUT2D eigenvalue weighted by Gasteiger charge is 1.95. The van der Waals surface area contributed by atoms with Crippen molar-refractivity contribution in [3.63, 3.8) is 0 Å². The number of hydrogen-bond donors (Lipinski definition) is 0. The van der Waals surface area contributed by atoms with Crippen LogP contribution < -0.4 is 5.56 Å². The van der Waals surface area contributed by atoms with E-state index < -0.39 is 0 Å². The molecule has 0 aliphatic rings. The number of aromatic nitrogens is 2. The van der Waals surface area contributed by atoms with E-state index in [2.05, 4.69) is 11.6 Å². The van der Waals surface area contributed by atoms with E-state index in [1.165, 1.54) is 4.57 Å². The average Bonchev–Trinajstić information content (AvgIpc) is 2.09. The van der Waals surface area contributed by atoms with Crippen LogP contribution in [0.3, 0.4) is 0 Å². The Hall–Kier alpha value is -1.38. The van der Waals surface area contributed by atoms with Gasteiger partial charge in [0.25, 0.3) is 5.56 Å². The van der Waals surface area contributed by atoms with Gasteiger partial charge in [0.1, 0.15) is 0 Å². The van der Waals surface area contributed by atoms with Crippen molar-refractivity contribution in [2.24, 2.45) is 0 Å². The summed E-state index contributed by atoms with van der Waals surface area (Å²) in [6, 6.07) is 1.56. The van der Waals surface area contributed by atoms with E-state index in [0.29, 0.717) is 6.54 Å². The molecule has 1 aromatic heterocycles. The Morgan fingerprint density at radius 1 is 1.75 bits per heavy atom. The van der Waals surface area contributed by atoms with Crippen LogP contribution in [0.2, 0.25) is 0 Å². The van der Waals surface area contributed by atoms with Crippen LogP contribution in [0, 0.1) is 0 Å². The van der Waals surface area contributed by atoms with Crippen LogP contribution in [0.15, 0.2) is 29.8 Å². The van der Waals surface area contributed by atoms with Crippen molar-refractivity contribution in [2.45, 2.75) is 19.9 Å². The molecule has 0 aromatic carbocycles. The zero-order valence-corrected chi connectivity index (χ0v) is 7.16. The van der Waals surface area contributed by atoms with Crippen LogP contribution in [0.25, 0.3) is 0 Å². The molecule has 0 saturated carbocycles. The lowest BCUT2D eigenvalue weighted by Gasteiger charge is -2.00. The van der Waals surface area contributed by atoms with Crippen molar-refractivity contribution in [3.05, 3.63) is 41.1 Å². The van der Waals surface area contributed by atoms with Crippen LogP contribution in [0.4, 0.5) is 0 Å². The van der Waals surface area contributed by atoms with Gasteiger partial charge in [0.2, 0.25) is 0 Å². The monoisotopic (exact) mass is 164 g/mol. The third-order valence-electron chi connectivity index (χ3n) is 1.62. The van der Waals surface area contributed by atoms with Gasteiger partial charge in [-0.15, -0.1) is 6.58 Å². The highest BCUT2D eigenvalue weighted by molar-refractivity contribution is 4.99. The van der Waals surface area contributed by atoms with Crippen LogP contribution in [-0.4, -0.2) is 9.55 Å². The minimum Gasteiger partial charge on any atom is -0.295 e. The van der Waals surface area contributed by atoms with Crippen molar-refractivity contribution < 1.29 is 0 Å². The van der Waals surface area contributed by atoms with E-state index in [1.54, 1.807) is 18.5 Å². The van der Waals surface area contributed by atoms with E-state index in [1.807, 2.05) is 6.92 Å². The highest BCUT2D eigenvalue weighted by Crippen LogP contribution is 1.89. The van der Waals surface area contributed by atoms with Crippen LogP contribution in [-0.2, 0) is 13.0 Å².